The molecule has 2 radical (unpaired) electrons. The summed E-state index contributed by atoms with van der Waals surface area (Å²) in [6.45, 7) is 0. The Bertz CT molecular complexity index is 220. The third-order valence-electron chi connectivity index (χ3n) is 0.928. The van der Waals surface area contributed by atoms with Crippen molar-refractivity contribution in [3.8, 4) is 0 Å². The van der Waals surface area contributed by atoms with E-state index in [-0.39, 0.29) is 0 Å². The van der Waals surface area contributed by atoms with Gasteiger partial charge in [-0.05, 0) is 6.07 Å². The van der Waals surface area contributed by atoms with Gasteiger partial charge in [-0.25, -0.2) is 0 Å². The highest BCUT2D eigenvalue weighted by Crippen LogP contribution is 2.01. The number of carbonyl (C=O) groups excluding carboxylic acids is 1. The minimum atomic E-state index is 0.370. The largest absolute Gasteiger partial charge is 0.398 e. The van der Waals surface area contributed by atoms with Gasteiger partial charge >= 0.3 is 0 Å². The standard InChI is InChI=1S/C7H5NO/c8-7-3-1-2-6(4-7)5-9/h1-3H,8H2. The average Bonchev–Trinajstić information content (AvgIpc) is 1.88. The molecule has 44 valence electrons. The van der Waals surface area contributed by atoms with Crippen LogP contribution in [0.4, 0.5) is 5.69 Å². The van der Waals surface area contributed by atoms with Crippen molar-refractivity contribution in [2.45, 2.75) is 0 Å². The quantitative estimate of drug-likeness (QED) is 0.548. The minimum absolute atomic E-state index is 0.370. The van der Waals surface area contributed by atoms with Crippen LogP contribution in [0, 0.1) is 6.07 Å². The SMILES string of the molecule is Nc1[c]c([C]=O)ccc1. The van der Waals surface area contributed by atoms with Crippen LogP contribution < -0.4 is 5.73 Å². The summed E-state index contributed by atoms with van der Waals surface area (Å²) < 4.78 is 0. The van der Waals surface area contributed by atoms with Gasteiger partial charge in [-0.3, -0.25) is 4.79 Å². The fraction of sp³-hybridized carbons (Fsp3) is 0. The zero-order valence-corrected chi connectivity index (χ0v) is 4.72. The van der Waals surface area contributed by atoms with Crippen molar-refractivity contribution in [3.63, 3.8) is 0 Å². The summed E-state index contributed by atoms with van der Waals surface area (Å²) in [5.74, 6) is 0. The Labute approximate surface area is 53.3 Å². The first-order valence-corrected chi connectivity index (χ1v) is 2.49. The van der Waals surface area contributed by atoms with E-state index in [1.165, 1.54) is 0 Å². The molecule has 2 heteroatoms. The Morgan fingerprint density at radius 3 is 2.78 bits per heavy atom. The molecule has 0 atom stereocenters. The van der Waals surface area contributed by atoms with Gasteiger partial charge in [0.2, 0.25) is 6.29 Å². The normalized spacial score (nSPS) is 8.89. The van der Waals surface area contributed by atoms with E-state index in [4.69, 9.17) is 5.73 Å². The maximum absolute atomic E-state index is 9.95. The molecule has 0 spiro atoms. The van der Waals surface area contributed by atoms with E-state index in [9.17, 15) is 4.79 Å². The molecule has 0 aliphatic heterocycles. The molecule has 2 N–H and O–H groups in total. The van der Waals surface area contributed by atoms with Gasteiger partial charge in [0.15, 0.2) is 0 Å². The van der Waals surface area contributed by atoms with Crippen molar-refractivity contribution in [1.82, 2.24) is 0 Å². The van der Waals surface area contributed by atoms with Crippen molar-refractivity contribution in [2.75, 3.05) is 5.73 Å². The average molecular weight is 119 g/mol. The van der Waals surface area contributed by atoms with Gasteiger partial charge in [-0.1, -0.05) is 12.1 Å². The molecule has 0 aliphatic rings. The van der Waals surface area contributed by atoms with Crippen LogP contribution in [-0.4, -0.2) is 6.29 Å². The van der Waals surface area contributed by atoms with Gasteiger partial charge in [0, 0.05) is 17.3 Å². The van der Waals surface area contributed by atoms with Crippen LogP contribution in [0.5, 0.6) is 0 Å². The van der Waals surface area contributed by atoms with Crippen molar-refractivity contribution in [2.24, 2.45) is 0 Å². The van der Waals surface area contributed by atoms with Gasteiger partial charge < -0.3 is 5.73 Å². The van der Waals surface area contributed by atoms with Crippen molar-refractivity contribution in [3.05, 3.63) is 29.8 Å². The summed E-state index contributed by atoms with van der Waals surface area (Å²) in [7, 11) is 0. The third-order valence-corrected chi connectivity index (χ3v) is 0.928. The predicted octanol–water partition coefficient (Wildman–Crippen LogP) is 0.527. The van der Waals surface area contributed by atoms with Crippen LogP contribution in [-0.2, 0) is 4.79 Å². The third kappa shape index (κ3) is 1.29. The van der Waals surface area contributed by atoms with E-state index in [2.05, 4.69) is 6.07 Å². The molecular formula is C7H5NO. The first-order valence-electron chi connectivity index (χ1n) is 2.49. The molecule has 0 saturated heterocycles. The Kier molecular flexibility index (Phi) is 1.49. The molecule has 0 heterocycles. The van der Waals surface area contributed by atoms with Crippen LogP contribution in [0.2, 0.25) is 0 Å². The van der Waals surface area contributed by atoms with Crippen molar-refractivity contribution < 1.29 is 4.79 Å². The molecule has 0 saturated carbocycles. The number of hydrogen-bond donors (Lipinski definition) is 1. The summed E-state index contributed by atoms with van der Waals surface area (Å²) in [5, 5.41) is 0. The second-order valence-corrected chi connectivity index (χ2v) is 1.62. The molecule has 2 nitrogen and oxygen atoms in total. The van der Waals surface area contributed by atoms with Crippen LogP contribution in [0.1, 0.15) is 5.56 Å². The summed E-state index contributed by atoms with van der Waals surface area (Å²) >= 11 is 0. The van der Waals surface area contributed by atoms with E-state index in [0.29, 0.717) is 11.3 Å². The molecule has 0 amide bonds. The molecule has 0 bridgehead atoms. The van der Waals surface area contributed by atoms with Gasteiger partial charge in [0.1, 0.15) is 0 Å². The molecule has 1 rings (SSSR count). The van der Waals surface area contributed by atoms with E-state index in [1.54, 1.807) is 24.5 Å². The van der Waals surface area contributed by atoms with Gasteiger partial charge in [-0.2, -0.15) is 0 Å². The zero-order chi connectivity index (χ0) is 6.69. The van der Waals surface area contributed by atoms with Gasteiger partial charge in [0.05, 0.1) is 0 Å². The molecule has 9 heavy (non-hydrogen) atoms. The number of rotatable bonds is 1. The van der Waals surface area contributed by atoms with Gasteiger partial charge in [0.25, 0.3) is 0 Å². The van der Waals surface area contributed by atoms with Crippen LogP contribution in [0.15, 0.2) is 18.2 Å². The highest BCUT2D eigenvalue weighted by molar-refractivity contribution is 5.76. The molecule has 0 unspecified atom stereocenters. The molecule has 1 aromatic carbocycles. The molecule has 0 fully saturated rings. The van der Waals surface area contributed by atoms with E-state index in [1.807, 2.05) is 0 Å². The van der Waals surface area contributed by atoms with Crippen LogP contribution in [0.3, 0.4) is 0 Å². The predicted molar refractivity (Wildman–Crippen MR) is 34.5 cm³/mol. The highest BCUT2D eigenvalue weighted by Gasteiger charge is 1.89. The van der Waals surface area contributed by atoms with Crippen molar-refractivity contribution in [1.29, 1.82) is 0 Å². The Morgan fingerprint density at radius 1 is 1.56 bits per heavy atom. The van der Waals surface area contributed by atoms with Crippen LogP contribution >= 0.6 is 0 Å². The van der Waals surface area contributed by atoms with Crippen LogP contribution in [0.25, 0.3) is 0 Å². The Hall–Kier alpha value is -1.31. The molecule has 0 aliphatic carbocycles. The zero-order valence-electron chi connectivity index (χ0n) is 4.72. The lowest BCUT2D eigenvalue weighted by molar-refractivity contribution is 0.562. The maximum Gasteiger partial charge on any atom is 0.234 e. The Morgan fingerprint density at radius 2 is 2.33 bits per heavy atom. The molecule has 1 aromatic rings. The number of benzene rings is 1. The lowest BCUT2D eigenvalue weighted by Gasteiger charge is -1.88. The van der Waals surface area contributed by atoms with Gasteiger partial charge in [-0.15, -0.1) is 0 Å². The van der Waals surface area contributed by atoms with Crippen molar-refractivity contribution >= 4 is 12.0 Å². The second-order valence-electron chi connectivity index (χ2n) is 1.62. The number of nitrogen functional groups attached to an aromatic ring is 1. The van der Waals surface area contributed by atoms with E-state index >= 15 is 0 Å². The smallest absolute Gasteiger partial charge is 0.234 e. The second kappa shape index (κ2) is 2.31. The monoisotopic (exact) mass is 119 g/mol. The fourth-order valence-corrected chi connectivity index (χ4v) is 0.546. The maximum atomic E-state index is 9.95. The summed E-state index contributed by atoms with van der Waals surface area (Å²) in [5.41, 5.74) is 6.14. The van der Waals surface area contributed by atoms with E-state index in [0.717, 1.165) is 0 Å². The number of anilines is 1. The molecule has 0 aromatic heterocycles. The highest BCUT2D eigenvalue weighted by atomic mass is 16.1. The Balaban J connectivity index is 3.07. The lowest BCUT2D eigenvalue weighted by atomic mass is 10.2. The van der Waals surface area contributed by atoms with E-state index < -0.39 is 0 Å². The number of hydrogen-bond acceptors (Lipinski definition) is 2. The summed E-state index contributed by atoms with van der Waals surface area (Å²) in [6.07, 6.45) is 1.68. The topological polar surface area (TPSA) is 43.1 Å². The first-order chi connectivity index (χ1) is 4.33. The lowest BCUT2D eigenvalue weighted by Crippen LogP contribution is -1.86. The summed E-state index contributed by atoms with van der Waals surface area (Å²) in [6, 6.07) is 7.57. The fourth-order valence-electron chi connectivity index (χ4n) is 0.546. The number of nitrogens with two attached hydrogens (primary N) is 1. The summed E-state index contributed by atoms with van der Waals surface area (Å²) in [4.78, 5) is 9.95. The first kappa shape index (κ1) is 5.82. The minimum Gasteiger partial charge on any atom is -0.398 e. The molecular weight excluding hydrogens is 114 g/mol.